The van der Waals surface area contributed by atoms with Crippen LogP contribution in [0.5, 0.6) is 0 Å². The van der Waals surface area contributed by atoms with Crippen LogP contribution in [0, 0.1) is 0 Å². The molecule has 0 aliphatic heterocycles. The van der Waals surface area contributed by atoms with Crippen molar-refractivity contribution in [2.75, 3.05) is 18.9 Å². The highest BCUT2D eigenvalue weighted by Gasteiger charge is 2.16. The summed E-state index contributed by atoms with van der Waals surface area (Å²) in [5.41, 5.74) is 1.32. The second kappa shape index (κ2) is 8.43. The number of anilines is 1. The van der Waals surface area contributed by atoms with Crippen LogP contribution in [0.1, 0.15) is 35.8 Å². The lowest BCUT2D eigenvalue weighted by atomic mass is 10.1. The topological polar surface area (TPSA) is 62.3 Å². The smallest absolute Gasteiger partial charge is 0.273 e. The van der Waals surface area contributed by atoms with Gasteiger partial charge in [0.25, 0.3) is 5.91 Å². The molecular formula is C17H21N3O2S. The maximum Gasteiger partial charge on any atom is 0.273 e. The largest absolute Gasteiger partial charge is 0.340 e. The Bertz CT molecular complexity index is 655. The minimum absolute atomic E-state index is 0.113. The number of benzene rings is 1. The first-order valence-electron chi connectivity index (χ1n) is 7.65. The molecular weight excluding hydrogens is 310 g/mol. The van der Waals surface area contributed by atoms with Crippen molar-refractivity contribution < 1.29 is 9.59 Å². The van der Waals surface area contributed by atoms with Gasteiger partial charge < -0.3 is 10.2 Å². The van der Waals surface area contributed by atoms with Crippen molar-refractivity contribution in [1.29, 1.82) is 0 Å². The van der Waals surface area contributed by atoms with Crippen LogP contribution in [0.25, 0.3) is 0 Å². The molecule has 122 valence electrons. The molecule has 0 aliphatic rings. The van der Waals surface area contributed by atoms with Crippen molar-refractivity contribution in [2.45, 2.75) is 26.2 Å². The summed E-state index contributed by atoms with van der Waals surface area (Å²) in [7, 11) is 1.77. The summed E-state index contributed by atoms with van der Waals surface area (Å²) >= 11 is 1.27. The summed E-state index contributed by atoms with van der Waals surface area (Å²) in [5.74, 6) is -0.248. The number of hydrogen-bond acceptors (Lipinski definition) is 4. The minimum Gasteiger partial charge on any atom is -0.340 e. The molecule has 1 aromatic heterocycles. The molecule has 1 heterocycles. The van der Waals surface area contributed by atoms with Crippen molar-refractivity contribution in [3.8, 4) is 0 Å². The lowest BCUT2D eigenvalue weighted by Crippen LogP contribution is -2.28. The molecule has 0 spiro atoms. The number of aromatic nitrogens is 1. The zero-order valence-electron chi connectivity index (χ0n) is 13.4. The average molecular weight is 331 g/mol. The van der Waals surface area contributed by atoms with Crippen molar-refractivity contribution in [3.05, 3.63) is 47.0 Å². The molecule has 0 fully saturated rings. The SMILES string of the molecule is CCCCN(C)C(=O)c1csc(NC(=O)Cc2ccccc2)n1. The van der Waals surface area contributed by atoms with E-state index in [0.717, 1.165) is 18.4 Å². The summed E-state index contributed by atoms with van der Waals surface area (Å²) in [6.07, 6.45) is 2.29. The summed E-state index contributed by atoms with van der Waals surface area (Å²) in [6, 6.07) is 9.51. The Balaban J connectivity index is 1.91. The van der Waals surface area contributed by atoms with Crippen LogP contribution in [-0.4, -0.2) is 35.3 Å². The molecule has 1 N–H and O–H groups in total. The highest BCUT2D eigenvalue weighted by Crippen LogP contribution is 2.17. The van der Waals surface area contributed by atoms with E-state index < -0.39 is 0 Å². The van der Waals surface area contributed by atoms with E-state index in [2.05, 4.69) is 17.2 Å². The molecule has 0 radical (unpaired) electrons. The van der Waals surface area contributed by atoms with Gasteiger partial charge in [0.2, 0.25) is 5.91 Å². The second-order valence-corrected chi connectivity index (χ2v) is 6.19. The fourth-order valence-corrected chi connectivity index (χ4v) is 2.77. The molecule has 0 saturated carbocycles. The maximum atomic E-state index is 12.2. The Morgan fingerprint density at radius 1 is 1.26 bits per heavy atom. The van der Waals surface area contributed by atoms with Crippen LogP contribution in [0.4, 0.5) is 5.13 Å². The quantitative estimate of drug-likeness (QED) is 0.847. The Morgan fingerprint density at radius 3 is 2.70 bits per heavy atom. The summed E-state index contributed by atoms with van der Waals surface area (Å²) in [4.78, 5) is 30.1. The van der Waals surface area contributed by atoms with E-state index in [1.54, 1.807) is 17.3 Å². The maximum absolute atomic E-state index is 12.2. The third-order valence-corrected chi connectivity index (χ3v) is 4.13. The van der Waals surface area contributed by atoms with Gasteiger partial charge in [-0.3, -0.25) is 9.59 Å². The zero-order valence-corrected chi connectivity index (χ0v) is 14.2. The van der Waals surface area contributed by atoms with Crippen LogP contribution in [0.15, 0.2) is 35.7 Å². The first-order valence-corrected chi connectivity index (χ1v) is 8.53. The van der Waals surface area contributed by atoms with E-state index >= 15 is 0 Å². The van der Waals surface area contributed by atoms with Crippen LogP contribution in [0.2, 0.25) is 0 Å². The number of thiazole rings is 1. The minimum atomic E-state index is -0.135. The van der Waals surface area contributed by atoms with Gasteiger partial charge in [-0.25, -0.2) is 4.98 Å². The Kier molecular flexibility index (Phi) is 6.29. The molecule has 2 aromatic rings. The molecule has 6 heteroatoms. The third kappa shape index (κ3) is 5.17. The van der Waals surface area contributed by atoms with E-state index in [1.165, 1.54) is 11.3 Å². The van der Waals surface area contributed by atoms with Crippen molar-refractivity contribution in [2.24, 2.45) is 0 Å². The number of nitrogens with zero attached hydrogens (tertiary/aromatic N) is 2. The molecule has 2 rings (SSSR count). The summed E-state index contributed by atoms with van der Waals surface area (Å²) < 4.78 is 0. The molecule has 0 saturated heterocycles. The molecule has 1 aromatic carbocycles. The normalized spacial score (nSPS) is 10.3. The van der Waals surface area contributed by atoms with Gasteiger partial charge in [-0.05, 0) is 12.0 Å². The molecule has 0 bridgehead atoms. The van der Waals surface area contributed by atoms with Crippen molar-refractivity contribution in [1.82, 2.24) is 9.88 Å². The predicted octanol–water partition coefficient (Wildman–Crippen LogP) is 3.20. The number of carbonyl (C=O) groups is 2. The first-order chi connectivity index (χ1) is 11.1. The second-order valence-electron chi connectivity index (χ2n) is 5.33. The van der Waals surface area contributed by atoms with Gasteiger partial charge in [-0.1, -0.05) is 43.7 Å². The summed E-state index contributed by atoms with van der Waals surface area (Å²) in [5, 5.41) is 4.89. The third-order valence-electron chi connectivity index (χ3n) is 3.37. The molecule has 2 amide bonds. The number of carbonyl (C=O) groups excluding carboxylic acids is 2. The van der Waals surface area contributed by atoms with Crippen LogP contribution in [0.3, 0.4) is 0 Å². The predicted molar refractivity (Wildman–Crippen MR) is 92.8 cm³/mol. The molecule has 0 unspecified atom stereocenters. The Morgan fingerprint density at radius 2 is 2.00 bits per heavy atom. The van der Waals surface area contributed by atoms with E-state index in [-0.39, 0.29) is 11.8 Å². The van der Waals surface area contributed by atoms with Gasteiger partial charge in [0.1, 0.15) is 5.69 Å². The molecule has 23 heavy (non-hydrogen) atoms. The standard InChI is InChI=1S/C17H21N3O2S/c1-3-4-10-20(2)16(22)14-12-23-17(18-14)19-15(21)11-13-8-6-5-7-9-13/h5-9,12H,3-4,10-11H2,1-2H3,(H,18,19,21). The van der Waals surface area contributed by atoms with Gasteiger partial charge in [-0.2, -0.15) is 0 Å². The average Bonchev–Trinajstić information content (AvgIpc) is 3.01. The summed E-state index contributed by atoms with van der Waals surface area (Å²) in [6.45, 7) is 2.80. The highest BCUT2D eigenvalue weighted by molar-refractivity contribution is 7.14. The van der Waals surface area contributed by atoms with E-state index in [0.29, 0.717) is 23.8 Å². The Labute approximate surface area is 140 Å². The van der Waals surface area contributed by atoms with Crippen LogP contribution >= 0.6 is 11.3 Å². The van der Waals surface area contributed by atoms with E-state index in [9.17, 15) is 9.59 Å². The lowest BCUT2D eigenvalue weighted by Gasteiger charge is -2.14. The van der Waals surface area contributed by atoms with E-state index in [1.807, 2.05) is 30.3 Å². The lowest BCUT2D eigenvalue weighted by molar-refractivity contribution is -0.115. The van der Waals surface area contributed by atoms with Gasteiger partial charge in [-0.15, -0.1) is 11.3 Å². The highest BCUT2D eigenvalue weighted by atomic mass is 32.1. The van der Waals surface area contributed by atoms with Crippen LogP contribution in [-0.2, 0) is 11.2 Å². The zero-order chi connectivity index (χ0) is 16.7. The number of amides is 2. The molecule has 0 atom stereocenters. The fourth-order valence-electron chi connectivity index (χ4n) is 2.07. The monoisotopic (exact) mass is 331 g/mol. The fraction of sp³-hybridized carbons (Fsp3) is 0.353. The first kappa shape index (κ1) is 17.1. The number of nitrogens with one attached hydrogen (secondary N) is 1. The van der Waals surface area contributed by atoms with Crippen molar-refractivity contribution in [3.63, 3.8) is 0 Å². The number of hydrogen-bond donors (Lipinski definition) is 1. The van der Waals surface area contributed by atoms with Gasteiger partial charge >= 0.3 is 0 Å². The van der Waals surface area contributed by atoms with E-state index in [4.69, 9.17) is 0 Å². The Hall–Kier alpha value is -2.21. The van der Waals surface area contributed by atoms with Gasteiger partial charge in [0, 0.05) is 19.0 Å². The molecule has 0 aliphatic carbocycles. The number of unbranched alkanes of at least 4 members (excludes halogenated alkanes) is 1. The molecule has 5 nitrogen and oxygen atoms in total. The van der Waals surface area contributed by atoms with Crippen LogP contribution < -0.4 is 5.32 Å². The number of rotatable bonds is 7. The van der Waals surface area contributed by atoms with Gasteiger partial charge in [0.15, 0.2) is 5.13 Å². The van der Waals surface area contributed by atoms with Gasteiger partial charge in [0.05, 0.1) is 6.42 Å². The van der Waals surface area contributed by atoms with Crippen molar-refractivity contribution >= 4 is 28.3 Å².